The second-order valence-corrected chi connectivity index (χ2v) is 4.24. The molecule has 1 rings (SSSR count). The minimum Gasteiger partial charge on any atom is -0.480 e. The van der Waals surface area contributed by atoms with Gasteiger partial charge in [0.25, 0.3) is 0 Å². The number of carboxylic acids is 1. The summed E-state index contributed by atoms with van der Waals surface area (Å²) in [5.41, 5.74) is 1.88. The van der Waals surface area contributed by atoms with E-state index in [9.17, 15) is 4.79 Å². The van der Waals surface area contributed by atoms with Gasteiger partial charge in [0.15, 0.2) is 0 Å². The molecule has 0 spiro atoms. The minimum atomic E-state index is -0.815. The average molecular weight is 242 g/mol. The first-order chi connectivity index (χ1) is 7.47. The maximum absolute atomic E-state index is 11.1. The highest BCUT2D eigenvalue weighted by molar-refractivity contribution is 6.30. The van der Waals surface area contributed by atoms with E-state index in [0.29, 0.717) is 11.4 Å². The molecule has 0 saturated heterocycles. The zero-order chi connectivity index (χ0) is 12.3. The Bertz CT molecular complexity index is 393. The topological polar surface area (TPSA) is 40.5 Å². The Kier molecular flexibility index (Phi) is 4.19. The highest BCUT2D eigenvalue weighted by Gasteiger charge is 2.21. The summed E-state index contributed by atoms with van der Waals surface area (Å²) in [6.07, 6.45) is 0.553. The predicted octanol–water partition coefficient (Wildman–Crippen LogP) is 2.95. The molecule has 0 saturated carbocycles. The molecule has 0 aromatic heterocycles. The highest BCUT2D eigenvalue weighted by atomic mass is 35.5. The average Bonchev–Trinajstić information content (AvgIpc) is 2.22. The van der Waals surface area contributed by atoms with Crippen LogP contribution in [-0.2, 0) is 4.79 Å². The molecule has 1 atom stereocenters. The van der Waals surface area contributed by atoms with Crippen LogP contribution in [0, 0.1) is 6.92 Å². The van der Waals surface area contributed by atoms with Crippen molar-refractivity contribution in [2.75, 3.05) is 11.9 Å². The van der Waals surface area contributed by atoms with E-state index in [1.54, 1.807) is 24.1 Å². The molecule has 0 heterocycles. The largest absolute Gasteiger partial charge is 0.480 e. The first kappa shape index (κ1) is 12.8. The molecule has 1 N–H and O–H groups in total. The summed E-state index contributed by atoms with van der Waals surface area (Å²) in [5.74, 6) is -0.815. The molecule has 16 heavy (non-hydrogen) atoms. The zero-order valence-corrected chi connectivity index (χ0v) is 10.5. The third-order valence-electron chi connectivity index (χ3n) is 2.69. The number of carbonyl (C=O) groups is 1. The van der Waals surface area contributed by atoms with Crippen LogP contribution in [0.2, 0.25) is 5.02 Å². The van der Waals surface area contributed by atoms with Crippen LogP contribution in [0.5, 0.6) is 0 Å². The fraction of sp³-hybridized carbons (Fsp3) is 0.417. The van der Waals surface area contributed by atoms with Crippen LogP contribution in [0.1, 0.15) is 18.9 Å². The van der Waals surface area contributed by atoms with Gasteiger partial charge >= 0.3 is 5.97 Å². The summed E-state index contributed by atoms with van der Waals surface area (Å²) < 4.78 is 0. The molecule has 4 heteroatoms. The van der Waals surface area contributed by atoms with Gasteiger partial charge in [-0.2, -0.15) is 0 Å². The SMILES string of the molecule is CCC(C(=O)O)N(C)c1cc(Cl)ccc1C. The summed E-state index contributed by atoms with van der Waals surface area (Å²) in [4.78, 5) is 12.8. The smallest absolute Gasteiger partial charge is 0.326 e. The van der Waals surface area contributed by atoms with E-state index >= 15 is 0 Å². The summed E-state index contributed by atoms with van der Waals surface area (Å²) in [6.45, 7) is 3.80. The van der Waals surface area contributed by atoms with Gasteiger partial charge in [0, 0.05) is 17.8 Å². The number of aryl methyl sites for hydroxylation is 1. The molecule has 0 fully saturated rings. The number of halogens is 1. The van der Waals surface area contributed by atoms with E-state index in [-0.39, 0.29) is 0 Å². The van der Waals surface area contributed by atoms with Crippen molar-refractivity contribution >= 4 is 23.3 Å². The molecule has 0 aliphatic carbocycles. The lowest BCUT2D eigenvalue weighted by Crippen LogP contribution is -2.38. The van der Waals surface area contributed by atoms with Crippen LogP contribution in [0.4, 0.5) is 5.69 Å². The summed E-state index contributed by atoms with van der Waals surface area (Å²) in [7, 11) is 1.78. The maximum Gasteiger partial charge on any atom is 0.326 e. The van der Waals surface area contributed by atoms with Gasteiger partial charge in [0.05, 0.1) is 0 Å². The number of carboxylic acid groups (broad SMARTS) is 1. The number of aliphatic carboxylic acids is 1. The molecule has 1 aromatic rings. The Morgan fingerprint density at radius 2 is 2.19 bits per heavy atom. The van der Waals surface area contributed by atoms with Gasteiger partial charge in [-0.25, -0.2) is 4.79 Å². The number of benzene rings is 1. The van der Waals surface area contributed by atoms with Crippen molar-refractivity contribution in [1.29, 1.82) is 0 Å². The van der Waals surface area contributed by atoms with E-state index in [2.05, 4.69) is 0 Å². The second-order valence-electron chi connectivity index (χ2n) is 3.80. The molecule has 1 aromatic carbocycles. The van der Waals surface area contributed by atoms with Crippen molar-refractivity contribution in [3.63, 3.8) is 0 Å². The van der Waals surface area contributed by atoms with Crippen LogP contribution in [0.15, 0.2) is 18.2 Å². The number of nitrogens with zero attached hydrogens (tertiary/aromatic N) is 1. The summed E-state index contributed by atoms with van der Waals surface area (Å²) in [6, 6.07) is 4.97. The number of likely N-dealkylation sites (N-methyl/N-ethyl adjacent to an activating group) is 1. The van der Waals surface area contributed by atoms with Crippen LogP contribution in [0.25, 0.3) is 0 Å². The highest BCUT2D eigenvalue weighted by Crippen LogP contribution is 2.25. The first-order valence-corrected chi connectivity index (χ1v) is 5.57. The summed E-state index contributed by atoms with van der Waals surface area (Å²) >= 11 is 5.91. The maximum atomic E-state index is 11.1. The van der Waals surface area contributed by atoms with Crippen molar-refractivity contribution < 1.29 is 9.90 Å². The van der Waals surface area contributed by atoms with Gasteiger partial charge in [-0.05, 0) is 31.0 Å². The second kappa shape index (κ2) is 5.21. The lowest BCUT2D eigenvalue weighted by Gasteiger charge is -2.27. The molecule has 0 amide bonds. The standard InChI is InChI=1S/C12H16ClNO2/c1-4-10(12(15)16)14(3)11-7-9(13)6-5-8(11)2/h5-7,10H,4H2,1-3H3,(H,15,16). The third-order valence-corrected chi connectivity index (χ3v) is 2.93. The zero-order valence-electron chi connectivity index (χ0n) is 9.70. The summed E-state index contributed by atoms with van der Waals surface area (Å²) in [5, 5.41) is 9.71. The fourth-order valence-electron chi connectivity index (χ4n) is 1.74. The quantitative estimate of drug-likeness (QED) is 0.881. The van der Waals surface area contributed by atoms with Gasteiger partial charge in [-0.15, -0.1) is 0 Å². The van der Waals surface area contributed by atoms with Gasteiger partial charge in [0.2, 0.25) is 0 Å². The Morgan fingerprint density at radius 1 is 1.56 bits per heavy atom. The van der Waals surface area contributed by atoms with Crippen LogP contribution in [-0.4, -0.2) is 24.2 Å². The van der Waals surface area contributed by atoms with Crippen LogP contribution in [0.3, 0.4) is 0 Å². The molecule has 0 radical (unpaired) electrons. The number of rotatable bonds is 4. The van der Waals surface area contributed by atoms with E-state index in [4.69, 9.17) is 16.7 Å². The lowest BCUT2D eigenvalue weighted by molar-refractivity contribution is -0.138. The van der Waals surface area contributed by atoms with Crippen molar-refractivity contribution in [1.82, 2.24) is 0 Å². The Balaban J connectivity index is 3.07. The van der Waals surface area contributed by atoms with Crippen molar-refractivity contribution in [3.8, 4) is 0 Å². The number of hydrogen-bond donors (Lipinski definition) is 1. The molecule has 0 bridgehead atoms. The number of anilines is 1. The fourth-order valence-corrected chi connectivity index (χ4v) is 1.91. The van der Waals surface area contributed by atoms with Gasteiger partial charge in [-0.1, -0.05) is 24.6 Å². The van der Waals surface area contributed by atoms with Crippen molar-refractivity contribution in [3.05, 3.63) is 28.8 Å². The Morgan fingerprint density at radius 3 is 2.69 bits per heavy atom. The normalized spacial score (nSPS) is 12.2. The van der Waals surface area contributed by atoms with E-state index in [1.165, 1.54) is 0 Å². The number of hydrogen-bond acceptors (Lipinski definition) is 2. The molecular weight excluding hydrogens is 226 g/mol. The monoisotopic (exact) mass is 241 g/mol. The predicted molar refractivity (Wildman–Crippen MR) is 66.3 cm³/mol. The van der Waals surface area contributed by atoms with E-state index in [0.717, 1.165) is 11.3 Å². The molecule has 3 nitrogen and oxygen atoms in total. The van der Waals surface area contributed by atoms with E-state index < -0.39 is 12.0 Å². The minimum absolute atomic E-state index is 0.517. The van der Waals surface area contributed by atoms with E-state index in [1.807, 2.05) is 19.9 Å². The molecular formula is C12H16ClNO2. The molecule has 0 aliphatic heterocycles. The Labute approximate surface area is 101 Å². The molecule has 88 valence electrons. The van der Waals surface area contributed by atoms with Crippen molar-refractivity contribution in [2.24, 2.45) is 0 Å². The van der Waals surface area contributed by atoms with Crippen molar-refractivity contribution in [2.45, 2.75) is 26.3 Å². The lowest BCUT2D eigenvalue weighted by atomic mass is 10.1. The van der Waals surface area contributed by atoms with Gasteiger partial charge in [0.1, 0.15) is 6.04 Å². The molecule has 0 aliphatic rings. The van der Waals surface area contributed by atoms with Crippen LogP contribution < -0.4 is 4.90 Å². The Hall–Kier alpha value is -1.22. The van der Waals surface area contributed by atoms with Gasteiger partial charge in [-0.3, -0.25) is 0 Å². The third kappa shape index (κ3) is 2.67. The van der Waals surface area contributed by atoms with Gasteiger partial charge < -0.3 is 10.0 Å². The van der Waals surface area contributed by atoms with Crippen LogP contribution >= 0.6 is 11.6 Å². The first-order valence-electron chi connectivity index (χ1n) is 5.19. The molecule has 1 unspecified atom stereocenters.